The van der Waals surface area contributed by atoms with Gasteiger partial charge in [-0.3, -0.25) is 14.2 Å². The predicted octanol–water partition coefficient (Wildman–Crippen LogP) is 1.50. The number of rotatable bonds is 5. The summed E-state index contributed by atoms with van der Waals surface area (Å²) in [7, 11) is 1.97. The Morgan fingerprint density at radius 2 is 2.18 bits per heavy atom. The number of fused-ring (bicyclic) bond motifs is 1. The van der Waals surface area contributed by atoms with Gasteiger partial charge in [0.25, 0.3) is 5.91 Å². The van der Waals surface area contributed by atoms with E-state index in [0.717, 1.165) is 36.0 Å². The van der Waals surface area contributed by atoms with Crippen LogP contribution in [0.5, 0.6) is 0 Å². The molecule has 3 aromatic rings. The Balaban J connectivity index is 1.47. The summed E-state index contributed by atoms with van der Waals surface area (Å²) >= 11 is 0. The van der Waals surface area contributed by atoms with Crippen LogP contribution < -0.4 is 0 Å². The van der Waals surface area contributed by atoms with E-state index < -0.39 is 0 Å². The van der Waals surface area contributed by atoms with Gasteiger partial charge in [0.2, 0.25) is 0 Å². The van der Waals surface area contributed by atoms with Crippen molar-refractivity contribution in [2.45, 2.75) is 45.8 Å². The normalized spacial score (nSPS) is 16.4. The average Bonchev–Trinajstić information content (AvgIpc) is 3.09. The highest BCUT2D eigenvalue weighted by Gasteiger charge is 2.31. The number of carbonyl (C=O) groups excluding carboxylic acids is 1. The molecule has 1 fully saturated rings. The van der Waals surface area contributed by atoms with Crippen molar-refractivity contribution < 1.29 is 4.79 Å². The molecule has 9 nitrogen and oxygen atoms in total. The fraction of sp³-hybridized carbons (Fsp3) is 0.526. The first-order valence-electron chi connectivity index (χ1n) is 9.89. The molecule has 0 spiro atoms. The van der Waals surface area contributed by atoms with Crippen LogP contribution in [0.1, 0.15) is 41.5 Å². The second-order valence-corrected chi connectivity index (χ2v) is 7.66. The number of nitrogens with zero attached hydrogens (tertiary/aromatic N) is 8. The molecule has 4 heterocycles. The van der Waals surface area contributed by atoms with Gasteiger partial charge in [0.15, 0.2) is 5.82 Å². The van der Waals surface area contributed by atoms with E-state index in [1.165, 1.54) is 18.5 Å². The van der Waals surface area contributed by atoms with Crippen molar-refractivity contribution in [3.8, 4) is 11.5 Å². The van der Waals surface area contributed by atoms with Gasteiger partial charge in [0, 0.05) is 50.6 Å². The molecule has 3 aromatic heterocycles. The van der Waals surface area contributed by atoms with Crippen LogP contribution in [-0.4, -0.2) is 51.7 Å². The van der Waals surface area contributed by atoms with Crippen LogP contribution in [0, 0.1) is 5.92 Å². The zero-order valence-corrected chi connectivity index (χ0v) is 16.2. The molecule has 1 aliphatic heterocycles. The molecule has 1 saturated carbocycles. The molecule has 0 bridgehead atoms. The number of carbonyl (C=O) groups is 1. The van der Waals surface area contributed by atoms with E-state index >= 15 is 0 Å². The Kier molecular flexibility index (Phi) is 4.03. The molecule has 0 unspecified atom stereocenters. The molecule has 5 rings (SSSR count). The SMILES string of the molecule is CCn1nccc1C(=O)N1CCc2c(c(-c3nncn3CC3CC3)nn2C)C1. The van der Waals surface area contributed by atoms with Crippen LogP contribution >= 0.6 is 0 Å². The van der Waals surface area contributed by atoms with Gasteiger partial charge in [-0.2, -0.15) is 10.2 Å². The lowest BCUT2D eigenvalue weighted by Crippen LogP contribution is -2.37. The highest BCUT2D eigenvalue weighted by molar-refractivity contribution is 5.92. The third kappa shape index (κ3) is 2.81. The molecule has 0 aromatic carbocycles. The average molecular weight is 380 g/mol. The maximum absolute atomic E-state index is 13.1. The number of amides is 1. The van der Waals surface area contributed by atoms with Crippen LogP contribution in [0.25, 0.3) is 11.5 Å². The summed E-state index contributed by atoms with van der Waals surface area (Å²) < 4.78 is 5.78. The van der Waals surface area contributed by atoms with Crippen molar-refractivity contribution in [3.63, 3.8) is 0 Å². The first-order chi connectivity index (χ1) is 13.7. The van der Waals surface area contributed by atoms with Crippen molar-refractivity contribution in [1.82, 2.24) is 39.2 Å². The molecule has 9 heteroatoms. The van der Waals surface area contributed by atoms with E-state index in [1.54, 1.807) is 23.3 Å². The fourth-order valence-electron chi connectivity index (χ4n) is 4.02. The van der Waals surface area contributed by atoms with E-state index in [1.807, 2.05) is 23.6 Å². The third-order valence-electron chi connectivity index (χ3n) is 5.74. The Bertz CT molecular complexity index is 1020. The first kappa shape index (κ1) is 17.2. The lowest BCUT2D eigenvalue weighted by Gasteiger charge is -2.27. The van der Waals surface area contributed by atoms with Gasteiger partial charge in [0.05, 0.1) is 6.54 Å². The smallest absolute Gasteiger partial charge is 0.272 e. The summed E-state index contributed by atoms with van der Waals surface area (Å²) in [4.78, 5) is 15.0. The van der Waals surface area contributed by atoms with E-state index in [2.05, 4.69) is 19.9 Å². The highest BCUT2D eigenvalue weighted by atomic mass is 16.2. The Morgan fingerprint density at radius 1 is 1.32 bits per heavy atom. The van der Waals surface area contributed by atoms with Gasteiger partial charge < -0.3 is 9.47 Å². The van der Waals surface area contributed by atoms with Crippen molar-refractivity contribution in [2.24, 2.45) is 13.0 Å². The molecule has 0 saturated heterocycles. The molecule has 2 aliphatic rings. The van der Waals surface area contributed by atoms with Gasteiger partial charge in [-0.25, -0.2) is 0 Å². The zero-order valence-electron chi connectivity index (χ0n) is 16.2. The molecule has 1 amide bonds. The van der Waals surface area contributed by atoms with Crippen molar-refractivity contribution in [3.05, 3.63) is 35.5 Å². The second kappa shape index (κ2) is 6.57. The molecule has 28 heavy (non-hydrogen) atoms. The quantitative estimate of drug-likeness (QED) is 0.670. The maximum Gasteiger partial charge on any atom is 0.272 e. The summed E-state index contributed by atoms with van der Waals surface area (Å²) in [5.74, 6) is 1.54. The minimum absolute atomic E-state index is 0.0132. The Labute approximate surface area is 163 Å². The van der Waals surface area contributed by atoms with E-state index in [-0.39, 0.29) is 5.91 Å². The van der Waals surface area contributed by atoms with Gasteiger partial charge >= 0.3 is 0 Å². The molecule has 0 radical (unpaired) electrons. The fourth-order valence-corrected chi connectivity index (χ4v) is 4.02. The number of aromatic nitrogens is 7. The number of hydrogen-bond donors (Lipinski definition) is 0. The topological polar surface area (TPSA) is 86.7 Å². The Hall–Kier alpha value is -2.97. The molecule has 146 valence electrons. The summed E-state index contributed by atoms with van der Waals surface area (Å²) in [6, 6.07) is 1.79. The van der Waals surface area contributed by atoms with Crippen LogP contribution in [0.15, 0.2) is 18.6 Å². The maximum atomic E-state index is 13.1. The molecule has 0 N–H and O–H groups in total. The summed E-state index contributed by atoms with van der Waals surface area (Å²) in [6.45, 7) is 4.81. The monoisotopic (exact) mass is 380 g/mol. The molecule has 1 aliphatic carbocycles. The van der Waals surface area contributed by atoms with E-state index in [9.17, 15) is 4.79 Å². The summed E-state index contributed by atoms with van der Waals surface area (Å²) in [5.41, 5.74) is 3.73. The number of hydrogen-bond acceptors (Lipinski definition) is 5. The molecule has 0 atom stereocenters. The van der Waals surface area contributed by atoms with E-state index in [4.69, 9.17) is 5.10 Å². The molecular formula is C19H24N8O. The van der Waals surface area contributed by atoms with E-state index in [0.29, 0.717) is 25.3 Å². The van der Waals surface area contributed by atoms with Crippen LogP contribution in [0.4, 0.5) is 0 Å². The summed E-state index contributed by atoms with van der Waals surface area (Å²) in [6.07, 6.45) is 6.79. The number of aryl methyl sites for hydroxylation is 2. The minimum atomic E-state index is 0.0132. The third-order valence-corrected chi connectivity index (χ3v) is 5.74. The standard InChI is InChI=1S/C19H24N8O/c1-3-27-16(6-8-21-27)19(28)25-9-7-15-14(11-25)17(23-24(15)2)18-22-20-12-26(18)10-13-4-5-13/h6,8,12-13H,3-5,7,9-11H2,1-2H3. The van der Waals surface area contributed by atoms with Crippen LogP contribution in [-0.2, 0) is 33.1 Å². The first-order valence-corrected chi connectivity index (χ1v) is 9.89. The van der Waals surface area contributed by atoms with Gasteiger partial charge in [-0.05, 0) is 31.7 Å². The van der Waals surface area contributed by atoms with Crippen LogP contribution in [0.3, 0.4) is 0 Å². The van der Waals surface area contributed by atoms with Crippen molar-refractivity contribution in [1.29, 1.82) is 0 Å². The Morgan fingerprint density at radius 3 is 2.96 bits per heavy atom. The van der Waals surface area contributed by atoms with Crippen LogP contribution in [0.2, 0.25) is 0 Å². The minimum Gasteiger partial charge on any atom is -0.332 e. The lowest BCUT2D eigenvalue weighted by atomic mass is 10.0. The van der Waals surface area contributed by atoms with Crippen molar-refractivity contribution >= 4 is 5.91 Å². The predicted molar refractivity (Wildman–Crippen MR) is 101 cm³/mol. The zero-order chi connectivity index (χ0) is 19.3. The highest BCUT2D eigenvalue weighted by Crippen LogP contribution is 2.33. The van der Waals surface area contributed by atoms with Crippen molar-refractivity contribution in [2.75, 3.05) is 6.54 Å². The van der Waals surface area contributed by atoms with Gasteiger partial charge in [-0.15, -0.1) is 10.2 Å². The second-order valence-electron chi connectivity index (χ2n) is 7.66. The van der Waals surface area contributed by atoms with Gasteiger partial charge in [-0.1, -0.05) is 0 Å². The lowest BCUT2D eigenvalue weighted by molar-refractivity contribution is 0.0721. The molecular weight excluding hydrogens is 356 g/mol. The van der Waals surface area contributed by atoms with Gasteiger partial charge in [0.1, 0.15) is 17.7 Å². The summed E-state index contributed by atoms with van der Waals surface area (Å²) in [5, 5.41) is 17.5. The largest absolute Gasteiger partial charge is 0.332 e.